The van der Waals surface area contributed by atoms with Gasteiger partial charge in [0.15, 0.2) is 5.13 Å². The van der Waals surface area contributed by atoms with Crippen molar-refractivity contribution < 1.29 is 15.0 Å². The molecule has 88 valence electrons. The lowest BCUT2D eigenvalue weighted by Crippen LogP contribution is -2.48. The van der Waals surface area contributed by atoms with Gasteiger partial charge in [-0.05, 0) is 0 Å². The van der Waals surface area contributed by atoms with Crippen LogP contribution in [0, 0.1) is 0 Å². The molecular formula is C9H13N3O3S. The summed E-state index contributed by atoms with van der Waals surface area (Å²) in [5.74, 6) is 0. The molecule has 0 bridgehead atoms. The molecule has 1 saturated heterocycles. The average molecular weight is 243 g/mol. The first kappa shape index (κ1) is 11.2. The van der Waals surface area contributed by atoms with Crippen LogP contribution in [0.5, 0.6) is 0 Å². The Bertz CT molecular complexity index is 374. The van der Waals surface area contributed by atoms with E-state index in [4.69, 9.17) is 10.2 Å². The van der Waals surface area contributed by atoms with E-state index in [0.717, 1.165) is 10.0 Å². The molecule has 7 heteroatoms. The molecule has 0 saturated carbocycles. The minimum atomic E-state index is -0.866. The highest BCUT2D eigenvalue weighted by Crippen LogP contribution is 2.23. The SMILES string of the molecule is O=C(O)N1CCN(c2ncc(CO)s2)CC1. The maximum absolute atomic E-state index is 10.7. The van der Waals surface area contributed by atoms with E-state index in [0.29, 0.717) is 26.2 Å². The quantitative estimate of drug-likeness (QED) is 0.788. The molecule has 1 aliphatic rings. The molecule has 0 aliphatic carbocycles. The molecule has 1 fully saturated rings. The molecule has 0 radical (unpaired) electrons. The van der Waals surface area contributed by atoms with Gasteiger partial charge in [-0.15, -0.1) is 0 Å². The van der Waals surface area contributed by atoms with Crippen molar-refractivity contribution in [2.45, 2.75) is 6.61 Å². The zero-order valence-corrected chi connectivity index (χ0v) is 9.48. The van der Waals surface area contributed by atoms with Crippen LogP contribution in [-0.2, 0) is 6.61 Å². The average Bonchev–Trinajstić information content (AvgIpc) is 2.77. The second-order valence-electron chi connectivity index (χ2n) is 3.52. The van der Waals surface area contributed by atoms with Crippen molar-refractivity contribution in [1.82, 2.24) is 9.88 Å². The molecule has 2 rings (SSSR count). The number of thiazole rings is 1. The Morgan fingerprint density at radius 1 is 1.44 bits per heavy atom. The fourth-order valence-corrected chi connectivity index (χ4v) is 2.43. The van der Waals surface area contributed by atoms with Gasteiger partial charge in [-0.3, -0.25) is 0 Å². The number of piperazine rings is 1. The number of carbonyl (C=O) groups is 1. The van der Waals surface area contributed by atoms with Crippen molar-refractivity contribution in [3.8, 4) is 0 Å². The molecule has 1 aromatic heterocycles. The third-order valence-corrected chi connectivity index (χ3v) is 3.56. The van der Waals surface area contributed by atoms with Gasteiger partial charge in [0.2, 0.25) is 0 Å². The number of aliphatic hydroxyl groups excluding tert-OH is 1. The maximum Gasteiger partial charge on any atom is 0.407 e. The fourth-order valence-electron chi connectivity index (χ4n) is 1.61. The summed E-state index contributed by atoms with van der Waals surface area (Å²) in [7, 11) is 0. The second-order valence-corrected chi connectivity index (χ2v) is 4.62. The van der Waals surface area contributed by atoms with Gasteiger partial charge in [-0.25, -0.2) is 9.78 Å². The third kappa shape index (κ3) is 2.25. The van der Waals surface area contributed by atoms with E-state index in [1.165, 1.54) is 16.2 Å². The van der Waals surface area contributed by atoms with E-state index >= 15 is 0 Å². The van der Waals surface area contributed by atoms with Crippen LogP contribution in [0.2, 0.25) is 0 Å². The normalized spacial score (nSPS) is 16.6. The van der Waals surface area contributed by atoms with Crippen molar-refractivity contribution in [1.29, 1.82) is 0 Å². The minimum Gasteiger partial charge on any atom is -0.465 e. The Morgan fingerprint density at radius 2 is 2.12 bits per heavy atom. The lowest BCUT2D eigenvalue weighted by molar-refractivity contribution is 0.142. The van der Waals surface area contributed by atoms with Crippen molar-refractivity contribution in [2.24, 2.45) is 0 Å². The van der Waals surface area contributed by atoms with Crippen LogP contribution in [0.4, 0.5) is 9.93 Å². The van der Waals surface area contributed by atoms with Crippen LogP contribution in [0.25, 0.3) is 0 Å². The lowest BCUT2D eigenvalue weighted by atomic mass is 10.3. The summed E-state index contributed by atoms with van der Waals surface area (Å²) in [6.45, 7) is 2.33. The van der Waals surface area contributed by atoms with Crippen LogP contribution in [0.3, 0.4) is 0 Å². The molecule has 1 aliphatic heterocycles. The third-order valence-electron chi connectivity index (χ3n) is 2.52. The number of rotatable bonds is 2. The van der Waals surface area contributed by atoms with Gasteiger partial charge in [0.1, 0.15) is 0 Å². The zero-order chi connectivity index (χ0) is 11.5. The van der Waals surface area contributed by atoms with Crippen LogP contribution in [0.1, 0.15) is 4.88 Å². The first-order chi connectivity index (χ1) is 7.70. The fraction of sp³-hybridized carbons (Fsp3) is 0.556. The number of nitrogens with zero attached hydrogens (tertiary/aromatic N) is 3. The van der Waals surface area contributed by atoms with Crippen LogP contribution in [-0.4, -0.2) is 52.4 Å². The number of hydrogen-bond acceptors (Lipinski definition) is 5. The number of anilines is 1. The largest absolute Gasteiger partial charge is 0.465 e. The summed E-state index contributed by atoms with van der Waals surface area (Å²) >= 11 is 1.45. The van der Waals surface area contributed by atoms with E-state index in [2.05, 4.69) is 4.98 Å². The monoisotopic (exact) mass is 243 g/mol. The van der Waals surface area contributed by atoms with Gasteiger partial charge in [0, 0.05) is 32.4 Å². The van der Waals surface area contributed by atoms with E-state index < -0.39 is 6.09 Å². The minimum absolute atomic E-state index is 0.00670. The molecule has 0 atom stereocenters. The van der Waals surface area contributed by atoms with Crippen molar-refractivity contribution in [2.75, 3.05) is 31.1 Å². The summed E-state index contributed by atoms with van der Waals surface area (Å²) in [5, 5.41) is 18.6. The molecule has 16 heavy (non-hydrogen) atoms. The molecule has 0 spiro atoms. The molecular weight excluding hydrogens is 230 g/mol. The van der Waals surface area contributed by atoms with Gasteiger partial charge in [-0.1, -0.05) is 11.3 Å². The van der Waals surface area contributed by atoms with Gasteiger partial charge >= 0.3 is 6.09 Å². The van der Waals surface area contributed by atoms with Crippen LogP contribution in [0.15, 0.2) is 6.20 Å². The number of amides is 1. The highest BCUT2D eigenvalue weighted by molar-refractivity contribution is 7.15. The highest BCUT2D eigenvalue weighted by Gasteiger charge is 2.21. The van der Waals surface area contributed by atoms with Crippen molar-refractivity contribution in [3.05, 3.63) is 11.1 Å². The Balaban J connectivity index is 1.96. The molecule has 2 heterocycles. The van der Waals surface area contributed by atoms with E-state index in [1.807, 2.05) is 4.90 Å². The van der Waals surface area contributed by atoms with Gasteiger partial charge in [0.05, 0.1) is 11.5 Å². The Kier molecular flexibility index (Phi) is 3.25. The Morgan fingerprint density at radius 3 is 2.62 bits per heavy atom. The number of hydrogen-bond donors (Lipinski definition) is 2. The first-order valence-electron chi connectivity index (χ1n) is 4.99. The predicted molar refractivity (Wildman–Crippen MR) is 59.8 cm³/mol. The highest BCUT2D eigenvalue weighted by atomic mass is 32.1. The maximum atomic E-state index is 10.7. The standard InChI is InChI=1S/C9H13N3O3S/c13-6-7-5-10-8(16-7)11-1-3-12(4-2-11)9(14)15/h5,13H,1-4,6H2,(H,14,15). The first-order valence-corrected chi connectivity index (χ1v) is 5.80. The number of aromatic nitrogens is 1. The summed E-state index contributed by atoms with van der Waals surface area (Å²) in [5.41, 5.74) is 0. The summed E-state index contributed by atoms with van der Waals surface area (Å²) < 4.78 is 0. The summed E-state index contributed by atoms with van der Waals surface area (Å²) in [4.78, 5) is 19.2. The smallest absolute Gasteiger partial charge is 0.407 e. The Labute approximate surface area is 96.7 Å². The van der Waals surface area contributed by atoms with Gasteiger partial charge in [0.25, 0.3) is 0 Å². The number of carboxylic acid groups (broad SMARTS) is 1. The van der Waals surface area contributed by atoms with Crippen molar-refractivity contribution >= 4 is 22.6 Å². The topological polar surface area (TPSA) is 76.9 Å². The number of aliphatic hydroxyl groups is 1. The lowest BCUT2D eigenvalue weighted by Gasteiger charge is -2.32. The predicted octanol–water partition coefficient (Wildman–Crippen LogP) is 0.435. The van der Waals surface area contributed by atoms with Gasteiger partial charge < -0.3 is 20.0 Å². The van der Waals surface area contributed by atoms with Crippen LogP contribution < -0.4 is 4.90 Å². The Hall–Kier alpha value is -1.34. The van der Waals surface area contributed by atoms with E-state index in [-0.39, 0.29) is 6.61 Å². The van der Waals surface area contributed by atoms with Gasteiger partial charge in [-0.2, -0.15) is 0 Å². The summed E-state index contributed by atoms with van der Waals surface area (Å²) in [6.07, 6.45) is 0.790. The van der Waals surface area contributed by atoms with E-state index in [1.54, 1.807) is 6.20 Å². The van der Waals surface area contributed by atoms with Crippen LogP contribution >= 0.6 is 11.3 Å². The molecule has 2 N–H and O–H groups in total. The second kappa shape index (κ2) is 4.67. The summed E-state index contributed by atoms with van der Waals surface area (Å²) in [6, 6.07) is 0. The van der Waals surface area contributed by atoms with Crippen molar-refractivity contribution in [3.63, 3.8) is 0 Å². The molecule has 1 amide bonds. The molecule has 0 unspecified atom stereocenters. The molecule has 0 aromatic carbocycles. The molecule has 1 aromatic rings. The van der Waals surface area contributed by atoms with E-state index in [9.17, 15) is 4.79 Å². The molecule has 6 nitrogen and oxygen atoms in total. The zero-order valence-electron chi connectivity index (χ0n) is 8.67.